The van der Waals surface area contributed by atoms with Crippen molar-refractivity contribution in [3.63, 3.8) is 0 Å². The van der Waals surface area contributed by atoms with E-state index in [9.17, 15) is 26.4 Å². The van der Waals surface area contributed by atoms with Gasteiger partial charge in [-0.05, 0) is 42.0 Å². The Balaban J connectivity index is 1.63. The van der Waals surface area contributed by atoms with Crippen LogP contribution in [0.1, 0.15) is 11.1 Å². The van der Waals surface area contributed by atoms with Crippen LogP contribution in [0.4, 0.5) is 29.3 Å². The van der Waals surface area contributed by atoms with Gasteiger partial charge in [-0.15, -0.1) is 0 Å². The van der Waals surface area contributed by atoms with Gasteiger partial charge in [0.25, 0.3) is 0 Å². The average molecular weight is 449 g/mol. The smallest absolute Gasteiger partial charge is 0.308 e. The number of anilines is 2. The lowest BCUT2D eigenvalue weighted by Crippen LogP contribution is -2.23. The summed E-state index contributed by atoms with van der Waals surface area (Å²) in [5.41, 5.74) is -0.364. The van der Waals surface area contributed by atoms with Crippen LogP contribution < -0.4 is 15.4 Å². The molecule has 0 aliphatic carbocycles. The van der Waals surface area contributed by atoms with Crippen LogP contribution in [-0.4, -0.2) is 14.4 Å². The lowest BCUT2D eigenvalue weighted by molar-refractivity contribution is -0.136. The second-order valence-electron chi connectivity index (χ2n) is 6.46. The Morgan fingerprint density at radius 3 is 2.06 bits per heavy atom. The van der Waals surface area contributed by atoms with Gasteiger partial charge in [0.15, 0.2) is 0 Å². The molecular weight excluding hydrogens is 431 g/mol. The van der Waals surface area contributed by atoms with Crippen LogP contribution in [0, 0.1) is 0 Å². The summed E-state index contributed by atoms with van der Waals surface area (Å²) in [6.45, 7) is 0.115. The maximum atomic E-state index is 13.0. The van der Waals surface area contributed by atoms with E-state index in [1.54, 1.807) is 24.3 Å². The van der Waals surface area contributed by atoms with E-state index in [-0.39, 0.29) is 17.1 Å². The standard InChI is InChI=1S/C21H18F3N3O3S/c22-21(23,24)18-8-4-5-9-19(18)27-20(28)26-16-10-12-17(13-11-16)31(29,30)25-14-15-6-2-1-3-7-15/h1-13,25H,14H2,(H2,26,27,28). The van der Waals surface area contributed by atoms with Crippen molar-refractivity contribution in [1.82, 2.24) is 4.72 Å². The third-order valence-electron chi connectivity index (χ3n) is 4.21. The number of sulfonamides is 1. The van der Waals surface area contributed by atoms with Crippen LogP contribution in [0.25, 0.3) is 0 Å². The Hall–Kier alpha value is -3.37. The average Bonchev–Trinajstić information content (AvgIpc) is 2.73. The van der Waals surface area contributed by atoms with Crippen molar-refractivity contribution in [1.29, 1.82) is 0 Å². The molecule has 2 amide bonds. The van der Waals surface area contributed by atoms with E-state index in [1.807, 2.05) is 6.07 Å². The van der Waals surface area contributed by atoms with E-state index >= 15 is 0 Å². The molecule has 10 heteroatoms. The normalized spacial score (nSPS) is 11.7. The molecule has 0 radical (unpaired) electrons. The second kappa shape index (κ2) is 9.19. The minimum Gasteiger partial charge on any atom is -0.308 e. The number of alkyl halides is 3. The van der Waals surface area contributed by atoms with Crippen molar-refractivity contribution in [2.75, 3.05) is 10.6 Å². The van der Waals surface area contributed by atoms with Crippen LogP contribution in [0.2, 0.25) is 0 Å². The SMILES string of the molecule is O=C(Nc1ccc(S(=O)(=O)NCc2ccccc2)cc1)Nc1ccccc1C(F)(F)F. The molecule has 0 saturated carbocycles. The molecule has 0 aliphatic rings. The molecular formula is C21H18F3N3O3S. The summed E-state index contributed by atoms with van der Waals surface area (Å²) < 4.78 is 66.3. The van der Waals surface area contributed by atoms with Crippen molar-refractivity contribution in [3.8, 4) is 0 Å². The lowest BCUT2D eigenvalue weighted by atomic mass is 10.1. The van der Waals surface area contributed by atoms with Crippen molar-refractivity contribution in [3.05, 3.63) is 90.0 Å². The number of benzene rings is 3. The highest BCUT2D eigenvalue weighted by Crippen LogP contribution is 2.34. The number of rotatable bonds is 6. The summed E-state index contributed by atoms with van der Waals surface area (Å²) in [4.78, 5) is 12.1. The fraction of sp³-hybridized carbons (Fsp3) is 0.0952. The van der Waals surface area contributed by atoms with Gasteiger partial charge in [-0.25, -0.2) is 17.9 Å². The first kappa shape index (κ1) is 22.3. The molecule has 31 heavy (non-hydrogen) atoms. The number of carbonyl (C=O) groups excluding carboxylic acids is 1. The highest BCUT2D eigenvalue weighted by Gasteiger charge is 2.33. The first-order valence-corrected chi connectivity index (χ1v) is 10.5. The van der Waals surface area contributed by atoms with Crippen LogP contribution in [0.3, 0.4) is 0 Å². The Morgan fingerprint density at radius 1 is 0.806 bits per heavy atom. The predicted octanol–water partition coefficient (Wildman–Crippen LogP) is 4.83. The minimum absolute atomic E-state index is 0.0168. The third-order valence-corrected chi connectivity index (χ3v) is 5.63. The third kappa shape index (κ3) is 6.06. The van der Waals surface area contributed by atoms with Gasteiger partial charge in [-0.1, -0.05) is 42.5 Å². The molecule has 0 atom stereocenters. The number of halogens is 3. The summed E-state index contributed by atoms with van der Waals surface area (Å²) in [7, 11) is -3.78. The molecule has 3 aromatic carbocycles. The largest absolute Gasteiger partial charge is 0.418 e. The molecule has 0 spiro atoms. The molecule has 0 unspecified atom stereocenters. The summed E-state index contributed by atoms with van der Waals surface area (Å²) in [6.07, 6.45) is -4.62. The molecule has 0 fully saturated rings. The highest BCUT2D eigenvalue weighted by atomic mass is 32.2. The Morgan fingerprint density at radius 2 is 1.42 bits per heavy atom. The first-order valence-electron chi connectivity index (χ1n) is 9.03. The Bertz CT molecular complexity index is 1150. The summed E-state index contributed by atoms with van der Waals surface area (Å²) in [5.74, 6) is 0. The van der Waals surface area contributed by atoms with Crippen LogP contribution in [0.5, 0.6) is 0 Å². The number of para-hydroxylation sites is 1. The van der Waals surface area contributed by atoms with E-state index in [0.717, 1.165) is 17.7 Å². The molecule has 0 aliphatic heterocycles. The fourth-order valence-electron chi connectivity index (χ4n) is 2.70. The number of amides is 2. The Kier molecular flexibility index (Phi) is 6.62. The molecule has 3 N–H and O–H groups in total. The molecule has 0 saturated heterocycles. The van der Waals surface area contributed by atoms with Gasteiger partial charge in [-0.2, -0.15) is 13.2 Å². The van der Waals surface area contributed by atoms with Crippen LogP contribution in [-0.2, 0) is 22.7 Å². The zero-order chi connectivity index (χ0) is 22.5. The fourth-order valence-corrected chi connectivity index (χ4v) is 3.72. The van der Waals surface area contributed by atoms with Gasteiger partial charge in [0.1, 0.15) is 0 Å². The van der Waals surface area contributed by atoms with Gasteiger partial charge in [-0.3, -0.25) is 0 Å². The maximum Gasteiger partial charge on any atom is 0.418 e. The van der Waals surface area contributed by atoms with Crippen LogP contribution >= 0.6 is 0 Å². The zero-order valence-corrected chi connectivity index (χ0v) is 16.8. The monoisotopic (exact) mass is 449 g/mol. The summed E-state index contributed by atoms with van der Waals surface area (Å²) in [6, 6.07) is 17.9. The van der Waals surface area contributed by atoms with E-state index in [2.05, 4.69) is 15.4 Å². The topological polar surface area (TPSA) is 87.3 Å². The minimum atomic E-state index is -4.62. The van der Waals surface area contributed by atoms with Gasteiger partial charge in [0.2, 0.25) is 10.0 Å². The van der Waals surface area contributed by atoms with E-state index in [0.29, 0.717) is 0 Å². The quantitative estimate of drug-likeness (QED) is 0.504. The summed E-state index contributed by atoms with van der Waals surface area (Å²) >= 11 is 0. The number of nitrogens with one attached hydrogen (secondary N) is 3. The van der Waals surface area contributed by atoms with Crippen molar-refractivity contribution in [2.45, 2.75) is 17.6 Å². The number of hydrogen-bond acceptors (Lipinski definition) is 3. The molecule has 6 nitrogen and oxygen atoms in total. The molecule has 162 valence electrons. The highest BCUT2D eigenvalue weighted by molar-refractivity contribution is 7.89. The van der Waals surface area contributed by atoms with Gasteiger partial charge in [0, 0.05) is 12.2 Å². The molecule has 0 aromatic heterocycles. The van der Waals surface area contributed by atoms with Crippen molar-refractivity contribution in [2.24, 2.45) is 0 Å². The molecule has 0 heterocycles. The zero-order valence-electron chi connectivity index (χ0n) is 16.0. The lowest BCUT2D eigenvalue weighted by Gasteiger charge is -2.14. The van der Waals surface area contributed by atoms with Crippen molar-refractivity contribution >= 4 is 27.4 Å². The number of urea groups is 1. The number of hydrogen-bond donors (Lipinski definition) is 3. The van der Waals surface area contributed by atoms with E-state index in [4.69, 9.17) is 0 Å². The number of carbonyl (C=O) groups is 1. The summed E-state index contributed by atoms with van der Waals surface area (Å²) in [5, 5.41) is 4.52. The van der Waals surface area contributed by atoms with Gasteiger partial charge < -0.3 is 10.6 Å². The molecule has 3 aromatic rings. The predicted molar refractivity (Wildman–Crippen MR) is 111 cm³/mol. The second-order valence-corrected chi connectivity index (χ2v) is 8.22. The van der Waals surface area contributed by atoms with Crippen molar-refractivity contribution < 1.29 is 26.4 Å². The molecule has 0 bridgehead atoms. The first-order chi connectivity index (χ1) is 14.6. The van der Waals surface area contributed by atoms with Crippen LogP contribution in [0.15, 0.2) is 83.8 Å². The van der Waals surface area contributed by atoms with E-state index in [1.165, 1.54) is 36.4 Å². The maximum absolute atomic E-state index is 13.0. The van der Waals surface area contributed by atoms with E-state index < -0.39 is 33.5 Å². The van der Waals surface area contributed by atoms with Gasteiger partial charge in [0.05, 0.1) is 16.1 Å². The Labute approximate surface area is 177 Å². The van der Waals surface area contributed by atoms with Gasteiger partial charge >= 0.3 is 12.2 Å². The molecule has 3 rings (SSSR count).